The molecule has 7 heteroatoms. The van der Waals surface area contributed by atoms with E-state index < -0.39 is 5.97 Å². The van der Waals surface area contributed by atoms with Crippen molar-refractivity contribution in [1.29, 1.82) is 0 Å². The first-order valence-electron chi connectivity index (χ1n) is 10.0. The predicted molar refractivity (Wildman–Crippen MR) is 116 cm³/mol. The Hall–Kier alpha value is -2.38. The second-order valence-corrected chi connectivity index (χ2v) is 8.48. The summed E-state index contributed by atoms with van der Waals surface area (Å²) in [6.45, 7) is 5.46. The molecule has 4 heterocycles. The fourth-order valence-corrected chi connectivity index (χ4v) is 5.20. The molecule has 4 rings (SSSR count). The normalized spacial score (nSPS) is 14.6. The van der Waals surface area contributed by atoms with Crippen molar-refractivity contribution in [3.05, 3.63) is 35.0 Å². The van der Waals surface area contributed by atoms with Crippen LogP contribution in [0, 0.1) is 0 Å². The second-order valence-electron chi connectivity index (χ2n) is 7.45. The predicted octanol–water partition coefficient (Wildman–Crippen LogP) is 4.26. The molecule has 29 heavy (non-hydrogen) atoms. The van der Waals surface area contributed by atoms with E-state index in [2.05, 4.69) is 40.6 Å². The molecule has 3 aromatic heterocycles. The lowest BCUT2D eigenvalue weighted by molar-refractivity contribution is 0.0596. The van der Waals surface area contributed by atoms with Gasteiger partial charge < -0.3 is 14.0 Å². The lowest BCUT2D eigenvalue weighted by atomic mass is 10.1. The number of thiophene rings is 1. The van der Waals surface area contributed by atoms with Crippen molar-refractivity contribution in [3.8, 4) is 16.5 Å². The van der Waals surface area contributed by atoms with Crippen molar-refractivity contribution in [1.82, 2.24) is 14.5 Å². The Bertz CT molecular complexity index is 1050. The smallest absolute Gasteiger partial charge is 0.343 e. The van der Waals surface area contributed by atoms with Crippen LogP contribution in [0.5, 0.6) is 5.88 Å². The number of hydrogen-bond acceptors (Lipinski definition) is 6. The summed E-state index contributed by atoms with van der Waals surface area (Å²) >= 11 is 1.73. The minimum Gasteiger partial charge on any atom is -0.480 e. The van der Waals surface area contributed by atoms with E-state index in [9.17, 15) is 4.79 Å². The standard InChI is InChI=1S/C22H27N3O3S/c1-5-14-11-17(22(26)28-4)20(27-3)23-19(14)18-12-15-10-16(24(2)21(15)29-18)13-25-8-6-7-9-25/h10-12H,5-9,13H2,1-4H3. The highest BCUT2D eigenvalue weighted by molar-refractivity contribution is 7.21. The van der Waals surface area contributed by atoms with Crippen LogP contribution < -0.4 is 4.74 Å². The second kappa shape index (κ2) is 8.16. The lowest BCUT2D eigenvalue weighted by Crippen LogP contribution is -2.19. The highest BCUT2D eigenvalue weighted by Crippen LogP contribution is 2.38. The number of ether oxygens (including phenoxy) is 2. The van der Waals surface area contributed by atoms with Crippen LogP contribution >= 0.6 is 11.3 Å². The van der Waals surface area contributed by atoms with Crippen molar-refractivity contribution in [2.75, 3.05) is 27.3 Å². The Labute approximate surface area is 175 Å². The Morgan fingerprint density at radius 3 is 2.59 bits per heavy atom. The first-order valence-corrected chi connectivity index (χ1v) is 10.8. The SMILES string of the molecule is CCc1cc(C(=O)OC)c(OC)nc1-c1cc2cc(CN3CCCC3)n(C)c2s1. The fraction of sp³-hybridized carbons (Fsp3) is 0.455. The molecule has 0 radical (unpaired) electrons. The molecule has 0 amide bonds. The summed E-state index contributed by atoms with van der Waals surface area (Å²) in [6, 6.07) is 6.34. The molecular weight excluding hydrogens is 386 g/mol. The van der Waals surface area contributed by atoms with Crippen molar-refractivity contribution < 1.29 is 14.3 Å². The van der Waals surface area contributed by atoms with E-state index in [0.29, 0.717) is 11.4 Å². The Kier molecular flexibility index (Phi) is 5.61. The summed E-state index contributed by atoms with van der Waals surface area (Å²) in [7, 11) is 5.04. The van der Waals surface area contributed by atoms with Gasteiger partial charge in [0, 0.05) is 24.7 Å². The molecule has 0 N–H and O–H groups in total. The molecular formula is C22H27N3O3S. The average molecular weight is 414 g/mol. The average Bonchev–Trinajstić information content (AvgIpc) is 3.46. The minimum atomic E-state index is -0.432. The van der Waals surface area contributed by atoms with E-state index in [1.165, 1.54) is 56.1 Å². The number of rotatable bonds is 6. The van der Waals surface area contributed by atoms with Gasteiger partial charge in [-0.25, -0.2) is 9.78 Å². The Morgan fingerprint density at radius 2 is 1.97 bits per heavy atom. The van der Waals surface area contributed by atoms with Gasteiger partial charge in [0.15, 0.2) is 0 Å². The quantitative estimate of drug-likeness (QED) is 0.565. The molecule has 3 aromatic rings. The highest BCUT2D eigenvalue weighted by atomic mass is 32.1. The van der Waals surface area contributed by atoms with E-state index in [4.69, 9.17) is 9.47 Å². The molecule has 0 aliphatic carbocycles. The van der Waals surface area contributed by atoms with Gasteiger partial charge in [-0.3, -0.25) is 4.90 Å². The van der Waals surface area contributed by atoms with Crippen LogP contribution in [0.3, 0.4) is 0 Å². The van der Waals surface area contributed by atoms with Crippen molar-refractivity contribution in [2.24, 2.45) is 7.05 Å². The maximum absolute atomic E-state index is 12.1. The van der Waals surface area contributed by atoms with Gasteiger partial charge in [0.25, 0.3) is 0 Å². The van der Waals surface area contributed by atoms with E-state index in [0.717, 1.165) is 29.1 Å². The number of aryl methyl sites for hydroxylation is 2. The number of carbonyl (C=O) groups excluding carboxylic acids is 1. The zero-order chi connectivity index (χ0) is 20.5. The van der Waals surface area contributed by atoms with Gasteiger partial charge >= 0.3 is 5.97 Å². The van der Waals surface area contributed by atoms with Crippen LogP contribution in [-0.2, 0) is 24.8 Å². The van der Waals surface area contributed by atoms with Gasteiger partial charge in [-0.15, -0.1) is 11.3 Å². The number of hydrogen-bond donors (Lipinski definition) is 0. The van der Waals surface area contributed by atoms with E-state index in [1.54, 1.807) is 11.3 Å². The molecule has 0 saturated carbocycles. The molecule has 0 unspecified atom stereocenters. The van der Waals surface area contributed by atoms with Crippen molar-refractivity contribution in [2.45, 2.75) is 32.7 Å². The van der Waals surface area contributed by atoms with Gasteiger partial charge in [0.05, 0.1) is 24.8 Å². The number of fused-ring (bicyclic) bond motifs is 1. The summed E-state index contributed by atoms with van der Waals surface area (Å²) in [5.41, 5.74) is 3.60. The number of aromatic nitrogens is 2. The summed E-state index contributed by atoms with van der Waals surface area (Å²) in [5.74, 6) is -0.130. The summed E-state index contributed by atoms with van der Waals surface area (Å²) < 4.78 is 12.6. The third kappa shape index (κ3) is 3.65. The largest absolute Gasteiger partial charge is 0.480 e. The fourth-order valence-electron chi connectivity index (χ4n) is 4.04. The Balaban J connectivity index is 1.73. The molecule has 154 valence electrons. The molecule has 0 spiro atoms. The minimum absolute atomic E-state index is 0.302. The van der Waals surface area contributed by atoms with Crippen LogP contribution in [0.15, 0.2) is 18.2 Å². The van der Waals surface area contributed by atoms with Gasteiger partial charge in [-0.1, -0.05) is 6.92 Å². The molecule has 1 fully saturated rings. The maximum Gasteiger partial charge on any atom is 0.343 e. The number of pyridine rings is 1. The number of methoxy groups -OCH3 is 2. The monoisotopic (exact) mass is 413 g/mol. The molecule has 0 bridgehead atoms. The number of likely N-dealkylation sites (tertiary alicyclic amines) is 1. The number of esters is 1. The maximum atomic E-state index is 12.1. The van der Waals surface area contributed by atoms with Crippen LogP contribution in [0.4, 0.5) is 0 Å². The number of carbonyl (C=O) groups is 1. The first-order chi connectivity index (χ1) is 14.0. The summed E-state index contributed by atoms with van der Waals surface area (Å²) in [4.78, 5) is 21.6. The highest BCUT2D eigenvalue weighted by Gasteiger charge is 2.21. The topological polar surface area (TPSA) is 56.6 Å². The van der Waals surface area contributed by atoms with E-state index >= 15 is 0 Å². The molecule has 1 aliphatic rings. The molecule has 1 aliphatic heterocycles. The van der Waals surface area contributed by atoms with Crippen LogP contribution in [0.2, 0.25) is 0 Å². The van der Waals surface area contributed by atoms with Crippen LogP contribution in [0.1, 0.15) is 41.4 Å². The lowest BCUT2D eigenvalue weighted by Gasteiger charge is -2.15. The van der Waals surface area contributed by atoms with Crippen LogP contribution in [0.25, 0.3) is 20.8 Å². The third-order valence-electron chi connectivity index (χ3n) is 5.66. The van der Waals surface area contributed by atoms with Gasteiger partial charge in [0.1, 0.15) is 10.4 Å². The molecule has 0 aromatic carbocycles. The molecule has 0 atom stereocenters. The summed E-state index contributed by atoms with van der Waals surface area (Å²) in [6.07, 6.45) is 3.38. The molecule has 6 nitrogen and oxygen atoms in total. The number of nitrogens with zero attached hydrogens (tertiary/aromatic N) is 3. The Morgan fingerprint density at radius 1 is 1.21 bits per heavy atom. The zero-order valence-corrected chi connectivity index (χ0v) is 18.3. The first kappa shape index (κ1) is 19.9. The summed E-state index contributed by atoms with van der Waals surface area (Å²) in [5, 5.41) is 1.24. The van der Waals surface area contributed by atoms with Gasteiger partial charge in [-0.2, -0.15) is 0 Å². The molecule has 1 saturated heterocycles. The van der Waals surface area contributed by atoms with Crippen molar-refractivity contribution >= 4 is 27.5 Å². The van der Waals surface area contributed by atoms with Gasteiger partial charge in [0.2, 0.25) is 5.88 Å². The third-order valence-corrected chi connectivity index (χ3v) is 6.90. The van der Waals surface area contributed by atoms with Crippen LogP contribution in [-0.4, -0.2) is 47.7 Å². The zero-order valence-electron chi connectivity index (χ0n) is 17.4. The van der Waals surface area contributed by atoms with Crippen molar-refractivity contribution in [3.63, 3.8) is 0 Å². The van der Waals surface area contributed by atoms with E-state index in [1.807, 2.05) is 6.07 Å². The van der Waals surface area contributed by atoms with Gasteiger partial charge in [-0.05, 0) is 56.1 Å². The van der Waals surface area contributed by atoms with E-state index in [-0.39, 0.29) is 0 Å².